The summed E-state index contributed by atoms with van der Waals surface area (Å²) in [4.78, 5) is 13.2. The van der Waals surface area contributed by atoms with E-state index in [4.69, 9.17) is 16.7 Å². The Morgan fingerprint density at radius 2 is 2.20 bits per heavy atom. The Kier molecular flexibility index (Phi) is 3.85. The smallest absolute Gasteiger partial charge is 0.322 e. The molecule has 2 aliphatic rings. The van der Waals surface area contributed by atoms with Crippen LogP contribution in [-0.2, 0) is 17.8 Å². The summed E-state index contributed by atoms with van der Waals surface area (Å²) in [5, 5.41) is 12.6. The standard InChI is InChI=1S/C15H19ClN2O2/c16-13-3-4-14(17-7-15(19)20)11-5-6-18(9-12(11)13)8-10-1-2-10/h3-4,10,17H,1-2,5-9H2,(H,19,20). The van der Waals surface area contributed by atoms with Gasteiger partial charge in [-0.3, -0.25) is 9.69 Å². The molecule has 1 aromatic carbocycles. The maximum atomic E-state index is 10.7. The highest BCUT2D eigenvalue weighted by atomic mass is 35.5. The molecule has 20 heavy (non-hydrogen) atoms. The van der Waals surface area contributed by atoms with Crippen LogP contribution in [0.25, 0.3) is 0 Å². The molecule has 4 nitrogen and oxygen atoms in total. The second-order valence-corrected chi connectivity index (χ2v) is 6.14. The highest BCUT2D eigenvalue weighted by molar-refractivity contribution is 6.31. The molecule has 0 saturated heterocycles. The molecule has 5 heteroatoms. The van der Waals surface area contributed by atoms with Gasteiger partial charge in [0.25, 0.3) is 0 Å². The summed E-state index contributed by atoms with van der Waals surface area (Å²) in [5.41, 5.74) is 3.26. The molecule has 0 bridgehead atoms. The first-order valence-corrected chi connectivity index (χ1v) is 7.49. The second kappa shape index (κ2) is 5.62. The zero-order chi connectivity index (χ0) is 14.1. The largest absolute Gasteiger partial charge is 0.480 e. The summed E-state index contributed by atoms with van der Waals surface area (Å²) in [7, 11) is 0. The number of fused-ring (bicyclic) bond motifs is 1. The van der Waals surface area contributed by atoms with Crippen molar-refractivity contribution in [2.45, 2.75) is 25.8 Å². The first-order valence-electron chi connectivity index (χ1n) is 7.12. The highest BCUT2D eigenvalue weighted by Gasteiger charge is 2.27. The topological polar surface area (TPSA) is 52.6 Å². The van der Waals surface area contributed by atoms with E-state index < -0.39 is 5.97 Å². The van der Waals surface area contributed by atoms with E-state index in [1.54, 1.807) is 0 Å². The number of aliphatic carboxylic acids is 1. The predicted molar refractivity (Wildman–Crippen MR) is 79.3 cm³/mol. The molecule has 1 aliphatic heterocycles. The molecule has 1 heterocycles. The monoisotopic (exact) mass is 294 g/mol. The molecule has 0 spiro atoms. The van der Waals surface area contributed by atoms with Gasteiger partial charge in [-0.05, 0) is 48.4 Å². The van der Waals surface area contributed by atoms with E-state index in [1.165, 1.54) is 24.9 Å². The zero-order valence-corrected chi connectivity index (χ0v) is 12.1. The molecule has 0 unspecified atom stereocenters. The van der Waals surface area contributed by atoms with E-state index in [-0.39, 0.29) is 6.54 Å². The van der Waals surface area contributed by atoms with Gasteiger partial charge in [0.15, 0.2) is 0 Å². The number of anilines is 1. The third-order valence-corrected chi connectivity index (χ3v) is 4.43. The second-order valence-electron chi connectivity index (χ2n) is 5.73. The van der Waals surface area contributed by atoms with Gasteiger partial charge in [0, 0.05) is 30.3 Å². The predicted octanol–water partition coefficient (Wildman–Crippen LogP) is 2.60. The zero-order valence-electron chi connectivity index (χ0n) is 11.4. The number of halogens is 1. The number of nitrogens with one attached hydrogen (secondary N) is 1. The maximum absolute atomic E-state index is 10.7. The minimum Gasteiger partial charge on any atom is -0.480 e. The first kappa shape index (κ1) is 13.7. The Morgan fingerprint density at radius 1 is 1.40 bits per heavy atom. The van der Waals surface area contributed by atoms with Gasteiger partial charge >= 0.3 is 5.97 Å². The van der Waals surface area contributed by atoms with Crippen LogP contribution in [0.5, 0.6) is 0 Å². The summed E-state index contributed by atoms with van der Waals surface area (Å²) in [5.74, 6) is 0.0310. The van der Waals surface area contributed by atoms with E-state index in [1.807, 2.05) is 12.1 Å². The number of rotatable bonds is 5. The summed E-state index contributed by atoms with van der Waals surface area (Å²) < 4.78 is 0. The maximum Gasteiger partial charge on any atom is 0.322 e. The fourth-order valence-corrected chi connectivity index (χ4v) is 3.09. The number of nitrogens with zero attached hydrogens (tertiary/aromatic N) is 1. The molecule has 0 amide bonds. The van der Waals surface area contributed by atoms with Gasteiger partial charge in [0.05, 0.1) is 0 Å². The van der Waals surface area contributed by atoms with Gasteiger partial charge in [0.2, 0.25) is 0 Å². The van der Waals surface area contributed by atoms with Crippen LogP contribution in [0.4, 0.5) is 5.69 Å². The van der Waals surface area contributed by atoms with Crippen molar-refractivity contribution in [3.8, 4) is 0 Å². The van der Waals surface area contributed by atoms with Crippen molar-refractivity contribution in [2.75, 3.05) is 25.0 Å². The lowest BCUT2D eigenvalue weighted by atomic mass is 9.97. The van der Waals surface area contributed by atoms with E-state index in [2.05, 4.69) is 10.2 Å². The Labute approximate surface area is 123 Å². The SMILES string of the molecule is O=C(O)CNc1ccc(Cl)c2c1CCN(CC1CC1)C2. The average molecular weight is 295 g/mol. The lowest BCUT2D eigenvalue weighted by Gasteiger charge is -2.30. The third-order valence-electron chi connectivity index (χ3n) is 4.08. The van der Waals surface area contributed by atoms with Crippen LogP contribution in [0.15, 0.2) is 12.1 Å². The van der Waals surface area contributed by atoms with E-state index >= 15 is 0 Å². The van der Waals surface area contributed by atoms with Gasteiger partial charge in [-0.1, -0.05) is 11.6 Å². The molecule has 3 rings (SSSR count). The van der Waals surface area contributed by atoms with Crippen molar-refractivity contribution in [3.05, 3.63) is 28.3 Å². The molecule has 1 aromatic rings. The summed E-state index contributed by atoms with van der Waals surface area (Å²) in [6.45, 7) is 3.03. The van der Waals surface area contributed by atoms with Crippen LogP contribution in [0.3, 0.4) is 0 Å². The quantitative estimate of drug-likeness (QED) is 0.876. The van der Waals surface area contributed by atoms with Crippen LogP contribution in [0, 0.1) is 5.92 Å². The molecule has 0 atom stereocenters. The van der Waals surface area contributed by atoms with Gasteiger partial charge in [-0.2, -0.15) is 0 Å². The molecule has 1 aliphatic carbocycles. The normalized spacial score (nSPS) is 18.6. The molecule has 0 aromatic heterocycles. The number of hydrogen-bond acceptors (Lipinski definition) is 3. The van der Waals surface area contributed by atoms with E-state index in [0.29, 0.717) is 0 Å². The molecular formula is C15H19ClN2O2. The van der Waals surface area contributed by atoms with Crippen molar-refractivity contribution in [1.29, 1.82) is 0 Å². The highest BCUT2D eigenvalue weighted by Crippen LogP contribution is 2.35. The molecule has 1 fully saturated rings. The Bertz CT molecular complexity index is 529. The van der Waals surface area contributed by atoms with E-state index in [0.717, 1.165) is 41.7 Å². The van der Waals surface area contributed by atoms with Crippen molar-refractivity contribution < 1.29 is 9.90 Å². The number of benzene rings is 1. The van der Waals surface area contributed by atoms with Crippen molar-refractivity contribution >= 4 is 23.3 Å². The summed E-state index contributed by atoms with van der Waals surface area (Å²) >= 11 is 6.32. The molecule has 2 N–H and O–H groups in total. The summed E-state index contributed by atoms with van der Waals surface area (Å²) in [6.07, 6.45) is 3.65. The summed E-state index contributed by atoms with van der Waals surface area (Å²) in [6, 6.07) is 3.76. The fourth-order valence-electron chi connectivity index (χ4n) is 2.85. The van der Waals surface area contributed by atoms with Crippen LogP contribution in [0.1, 0.15) is 24.0 Å². The van der Waals surface area contributed by atoms with E-state index in [9.17, 15) is 4.79 Å². The van der Waals surface area contributed by atoms with Crippen LogP contribution < -0.4 is 5.32 Å². The first-order chi connectivity index (χ1) is 9.63. The van der Waals surface area contributed by atoms with Crippen molar-refractivity contribution in [1.82, 2.24) is 4.90 Å². The molecule has 1 saturated carbocycles. The fraction of sp³-hybridized carbons (Fsp3) is 0.533. The Hall–Kier alpha value is -1.26. The molecule has 0 radical (unpaired) electrons. The number of carbonyl (C=O) groups is 1. The van der Waals surface area contributed by atoms with Crippen LogP contribution >= 0.6 is 11.6 Å². The third kappa shape index (κ3) is 3.07. The number of hydrogen-bond donors (Lipinski definition) is 2. The van der Waals surface area contributed by atoms with Crippen LogP contribution in [0.2, 0.25) is 5.02 Å². The van der Waals surface area contributed by atoms with Crippen molar-refractivity contribution in [2.24, 2.45) is 5.92 Å². The van der Waals surface area contributed by atoms with Gasteiger partial charge in [-0.15, -0.1) is 0 Å². The molecule has 108 valence electrons. The number of carboxylic acid groups (broad SMARTS) is 1. The minimum absolute atomic E-state index is 0.0557. The van der Waals surface area contributed by atoms with Crippen LogP contribution in [-0.4, -0.2) is 35.6 Å². The average Bonchev–Trinajstić information content (AvgIpc) is 3.22. The lowest BCUT2D eigenvalue weighted by molar-refractivity contribution is -0.134. The Morgan fingerprint density at radius 3 is 2.90 bits per heavy atom. The minimum atomic E-state index is -0.847. The van der Waals surface area contributed by atoms with Crippen molar-refractivity contribution in [3.63, 3.8) is 0 Å². The Balaban J connectivity index is 1.77. The number of carboxylic acids is 1. The van der Waals surface area contributed by atoms with Gasteiger partial charge < -0.3 is 10.4 Å². The lowest BCUT2D eigenvalue weighted by Crippen LogP contribution is -2.33. The molecular weight excluding hydrogens is 276 g/mol. The van der Waals surface area contributed by atoms with Gasteiger partial charge in [-0.25, -0.2) is 0 Å². The van der Waals surface area contributed by atoms with Gasteiger partial charge in [0.1, 0.15) is 6.54 Å².